The minimum atomic E-state index is -0.779. The van der Waals surface area contributed by atoms with Crippen molar-refractivity contribution in [3.63, 3.8) is 0 Å². The summed E-state index contributed by atoms with van der Waals surface area (Å²) in [6.07, 6.45) is 1.38. The number of piperidine rings is 1. The van der Waals surface area contributed by atoms with E-state index in [0.717, 1.165) is 30.2 Å². The normalized spacial score (nSPS) is 18.3. The van der Waals surface area contributed by atoms with Crippen LogP contribution in [0.15, 0.2) is 24.3 Å². The van der Waals surface area contributed by atoms with Crippen LogP contribution in [0.1, 0.15) is 45.0 Å². The van der Waals surface area contributed by atoms with Crippen LogP contribution in [0.4, 0.5) is 0 Å². The molecule has 2 aromatic rings. The highest BCUT2D eigenvalue weighted by Gasteiger charge is 2.34. The Morgan fingerprint density at radius 2 is 1.80 bits per heavy atom. The molecule has 1 aliphatic rings. The number of rotatable bonds is 4. The van der Waals surface area contributed by atoms with Gasteiger partial charge in [-0.2, -0.15) is 0 Å². The molecule has 3 rings (SSSR count). The Morgan fingerprint density at radius 3 is 2.36 bits per heavy atom. The quantitative estimate of drug-likeness (QED) is 0.912. The first-order chi connectivity index (χ1) is 11.8. The van der Waals surface area contributed by atoms with Gasteiger partial charge in [-0.3, -0.25) is 4.90 Å². The molecular formula is C18H27N5O2. The van der Waals surface area contributed by atoms with Gasteiger partial charge in [0.15, 0.2) is 5.82 Å². The van der Waals surface area contributed by atoms with Crippen molar-refractivity contribution in [2.45, 2.75) is 51.3 Å². The average molecular weight is 345 g/mol. The number of ether oxygens (including phenoxy) is 1. The summed E-state index contributed by atoms with van der Waals surface area (Å²) in [6.45, 7) is 8.57. The van der Waals surface area contributed by atoms with Crippen LogP contribution in [-0.4, -0.2) is 50.4 Å². The molecule has 0 amide bonds. The van der Waals surface area contributed by atoms with E-state index in [1.165, 1.54) is 0 Å². The average Bonchev–Trinajstić information content (AvgIpc) is 3.06. The largest absolute Gasteiger partial charge is 0.497 e. The fourth-order valence-electron chi connectivity index (χ4n) is 3.30. The SMILES string of the molecule is COc1ccc(C2(O)CCN(Cc3nnnn3C(C)(C)C)CC2)cc1. The standard InChI is InChI=1S/C18H27N5O2/c1-17(2,3)23-16(19-20-21-23)13-22-11-9-18(24,10-12-22)14-5-7-15(25-4)8-6-14/h5-8,24H,9-13H2,1-4H3. The van der Waals surface area contributed by atoms with Gasteiger partial charge >= 0.3 is 0 Å². The van der Waals surface area contributed by atoms with Gasteiger partial charge in [0.25, 0.3) is 0 Å². The van der Waals surface area contributed by atoms with Crippen molar-refractivity contribution < 1.29 is 9.84 Å². The summed E-state index contributed by atoms with van der Waals surface area (Å²) >= 11 is 0. The van der Waals surface area contributed by atoms with E-state index in [-0.39, 0.29) is 5.54 Å². The molecule has 1 fully saturated rings. The first-order valence-corrected chi connectivity index (χ1v) is 8.69. The molecule has 7 heteroatoms. The van der Waals surface area contributed by atoms with Crippen LogP contribution in [0, 0.1) is 0 Å². The molecule has 0 atom stereocenters. The number of likely N-dealkylation sites (tertiary alicyclic amines) is 1. The summed E-state index contributed by atoms with van der Waals surface area (Å²) in [5.74, 6) is 1.67. The van der Waals surface area contributed by atoms with Crippen molar-refractivity contribution in [3.8, 4) is 5.75 Å². The maximum absolute atomic E-state index is 11.0. The van der Waals surface area contributed by atoms with Crippen molar-refractivity contribution >= 4 is 0 Å². The Labute approximate surface area is 148 Å². The first kappa shape index (κ1) is 17.8. The van der Waals surface area contributed by atoms with Crippen molar-refractivity contribution in [1.29, 1.82) is 0 Å². The number of hydrogen-bond donors (Lipinski definition) is 1. The van der Waals surface area contributed by atoms with Crippen LogP contribution in [-0.2, 0) is 17.7 Å². The Hall–Kier alpha value is -1.99. The van der Waals surface area contributed by atoms with Crippen molar-refractivity contribution in [2.24, 2.45) is 0 Å². The van der Waals surface area contributed by atoms with E-state index < -0.39 is 5.60 Å². The molecule has 7 nitrogen and oxygen atoms in total. The summed E-state index contributed by atoms with van der Waals surface area (Å²) in [6, 6.07) is 7.71. The van der Waals surface area contributed by atoms with Crippen LogP contribution in [0.2, 0.25) is 0 Å². The molecule has 1 N–H and O–H groups in total. The molecule has 0 spiro atoms. The van der Waals surface area contributed by atoms with Gasteiger partial charge in [-0.1, -0.05) is 12.1 Å². The number of methoxy groups -OCH3 is 1. The molecule has 1 aromatic carbocycles. The summed E-state index contributed by atoms with van der Waals surface area (Å²) < 4.78 is 7.07. The number of benzene rings is 1. The van der Waals surface area contributed by atoms with Gasteiger partial charge in [-0.05, 0) is 61.7 Å². The highest BCUT2D eigenvalue weighted by Crippen LogP contribution is 2.34. The molecule has 136 valence electrons. The van der Waals surface area contributed by atoms with E-state index >= 15 is 0 Å². The minimum absolute atomic E-state index is 0.140. The Morgan fingerprint density at radius 1 is 1.16 bits per heavy atom. The number of aromatic nitrogens is 4. The second-order valence-electron chi connectivity index (χ2n) is 7.71. The predicted octanol–water partition coefficient (Wildman–Crippen LogP) is 1.92. The van der Waals surface area contributed by atoms with E-state index in [4.69, 9.17) is 4.74 Å². The van der Waals surface area contributed by atoms with Crippen LogP contribution in [0.25, 0.3) is 0 Å². The predicted molar refractivity (Wildman–Crippen MR) is 94.2 cm³/mol. The maximum Gasteiger partial charge on any atom is 0.165 e. The first-order valence-electron chi connectivity index (χ1n) is 8.69. The molecule has 2 heterocycles. The summed E-state index contributed by atoms with van der Waals surface area (Å²) in [5.41, 5.74) is 0.0319. The third kappa shape index (κ3) is 3.82. The summed E-state index contributed by atoms with van der Waals surface area (Å²) in [5, 5.41) is 23.1. The molecule has 1 saturated heterocycles. The van der Waals surface area contributed by atoms with Crippen LogP contribution in [0.5, 0.6) is 5.75 Å². The van der Waals surface area contributed by atoms with Crippen LogP contribution in [0.3, 0.4) is 0 Å². The van der Waals surface area contributed by atoms with Gasteiger partial charge in [-0.15, -0.1) is 5.10 Å². The molecule has 1 aliphatic heterocycles. The van der Waals surface area contributed by atoms with E-state index in [2.05, 4.69) is 41.2 Å². The van der Waals surface area contributed by atoms with E-state index in [0.29, 0.717) is 19.4 Å². The van der Waals surface area contributed by atoms with Crippen LogP contribution < -0.4 is 4.74 Å². The molecular weight excluding hydrogens is 318 g/mol. The van der Waals surface area contributed by atoms with Crippen molar-refractivity contribution in [3.05, 3.63) is 35.7 Å². The summed E-state index contributed by atoms with van der Waals surface area (Å²) in [4.78, 5) is 2.30. The number of hydrogen-bond acceptors (Lipinski definition) is 6. The fraction of sp³-hybridized carbons (Fsp3) is 0.611. The van der Waals surface area contributed by atoms with Crippen LogP contribution >= 0.6 is 0 Å². The minimum Gasteiger partial charge on any atom is -0.497 e. The Balaban J connectivity index is 1.64. The van der Waals surface area contributed by atoms with Gasteiger partial charge < -0.3 is 9.84 Å². The lowest BCUT2D eigenvalue weighted by molar-refractivity contribution is -0.0287. The lowest BCUT2D eigenvalue weighted by atomic mass is 9.84. The molecule has 0 unspecified atom stereocenters. The maximum atomic E-state index is 11.0. The van der Waals surface area contributed by atoms with Crippen molar-refractivity contribution in [1.82, 2.24) is 25.1 Å². The number of nitrogens with zero attached hydrogens (tertiary/aromatic N) is 5. The Kier molecular flexibility index (Phi) is 4.79. The monoisotopic (exact) mass is 345 g/mol. The summed E-state index contributed by atoms with van der Waals surface area (Å²) in [7, 11) is 1.65. The third-order valence-corrected chi connectivity index (χ3v) is 4.85. The number of tetrazole rings is 1. The molecule has 0 aliphatic carbocycles. The zero-order chi connectivity index (χ0) is 18.1. The van der Waals surface area contributed by atoms with Gasteiger partial charge in [0.2, 0.25) is 0 Å². The molecule has 0 saturated carbocycles. The van der Waals surface area contributed by atoms with Gasteiger partial charge in [-0.25, -0.2) is 4.68 Å². The van der Waals surface area contributed by atoms with E-state index in [1.807, 2.05) is 28.9 Å². The third-order valence-electron chi connectivity index (χ3n) is 4.85. The second kappa shape index (κ2) is 6.72. The molecule has 25 heavy (non-hydrogen) atoms. The highest BCUT2D eigenvalue weighted by molar-refractivity contribution is 5.31. The zero-order valence-electron chi connectivity index (χ0n) is 15.4. The fourth-order valence-corrected chi connectivity index (χ4v) is 3.30. The van der Waals surface area contributed by atoms with Gasteiger partial charge in [0.1, 0.15) is 5.75 Å². The Bertz CT molecular complexity index is 697. The van der Waals surface area contributed by atoms with Gasteiger partial charge in [0.05, 0.1) is 24.8 Å². The van der Waals surface area contributed by atoms with Gasteiger partial charge in [0, 0.05) is 13.1 Å². The topological polar surface area (TPSA) is 76.3 Å². The highest BCUT2D eigenvalue weighted by atomic mass is 16.5. The lowest BCUT2D eigenvalue weighted by Crippen LogP contribution is -2.43. The zero-order valence-corrected chi connectivity index (χ0v) is 15.4. The smallest absolute Gasteiger partial charge is 0.165 e. The molecule has 0 radical (unpaired) electrons. The number of aliphatic hydroxyl groups is 1. The molecule has 0 bridgehead atoms. The second-order valence-corrected chi connectivity index (χ2v) is 7.71. The van der Waals surface area contributed by atoms with E-state index in [9.17, 15) is 5.11 Å². The molecule has 1 aromatic heterocycles. The van der Waals surface area contributed by atoms with Crippen molar-refractivity contribution in [2.75, 3.05) is 20.2 Å². The van der Waals surface area contributed by atoms with E-state index in [1.54, 1.807) is 7.11 Å². The lowest BCUT2D eigenvalue weighted by Gasteiger charge is -2.38.